The molecule has 0 spiro atoms. The summed E-state index contributed by atoms with van der Waals surface area (Å²) in [5, 5.41) is 5.95. The van der Waals surface area contributed by atoms with Crippen LogP contribution in [0.2, 0.25) is 10.0 Å². The molecule has 3 saturated heterocycles. The van der Waals surface area contributed by atoms with Gasteiger partial charge >= 0.3 is 6.03 Å². The van der Waals surface area contributed by atoms with Crippen LogP contribution in [-0.4, -0.2) is 42.5 Å². The molecule has 3 aliphatic heterocycles. The van der Waals surface area contributed by atoms with Gasteiger partial charge in [-0.3, -0.25) is 10.1 Å². The van der Waals surface area contributed by atoms with Crippen LogP contribution in [0.15, 0.2) is 18.2 Å². The van der Waals surface area contributed by atoms with Gasteiger partial charge in [-0.1, -0.05) is 23.2 Å². The van der Waals surface area contributed by atoms with Gasteiger partial charge in [0.05, 0.1) is 0 Å². The standard InChI is InChI=1S/C15H17Cl2N3O2.ClH/c16-11-5-10(6-12(17)7-11)14(21)19-15(22)18-13-8-20-3-1-9(13)2-4-20;/h5-7,9,13H,1-4,8H2,(H2,18,19,21,22);1H. The molecule has 8 heteroatoms. The van der Waals surface area contributed by atoms with Crippen molar-refractivity contribution in [3.8, 4) is 0 Å². The van der Waals surface area contributed by atoms with Crippen LogP contribution >= 0.6 is 35.6 Å². The maximum atomic E-state index is 12.1. The largest absolute Gasteiger partial charge is 0.333 e. The number of nitrogens with zero attached hydrogens (tertiary/aromatic N) is 1. The normalized spacial score (nSPS) is 25.4. The van der Waals surface area contributed by atoms with Gasteiger partial charge in [0.15, 0.2) is 0 Å². The fourth-order valence-corrected chi connectivity index (χ4v) is 3.72. The van der Waals surface area contributed by atoms with E-state index in [0.29, 0.717) is 16.0 Å². The third kappa shape index (κ3) is 4.51. The van der Waals surface area contributed by atoms with Gasteiger partial charge in [0, 0.05) is 28.2 Å². The molecule has 3 fully saturated rings. The molecule has 2 N–H and O–H groups in total. The van der Waals surface area contributed by atoms with E-state index in [4.69, 9.17) is 23.2 Å². The third-order valence-electron chi connectivity index (χ3n) is 4.32. The zero-order valence-electron chi connectivity index (χ0n) is 12.4. The number of carbonyl (C=O) groups excluding carboxylic acids is 2. The predicted octanol–water partition coefficient (Wildman–Crippen LogP) is 2.95. The molecule has 1 aromatic rings. The first-order valence-corrected chi connectivity index (χ1v) is 8.07. The number of hydrogen-bond acceptors (Lipinski definition) is 3. The molecule has 3 heterocycles. The third-order valence-corrected chi connectivity index (χ3v) is 4.76. The zero-order valence-corrected chi connectivity index (χ0v) is 14.7. The average molecular weight is 379 g/mol. The van der Waals surface area contributed by atoms with Gasteiger partial charge < -0.3 is 10.2 Å². The van der Waals surface area contributed by atoms with Crippen molar-refractivity contribution in [2.75, 3.05) is 19.6 Å². The van der Waals surface area contributed by atoms with Crippen molar-refractivity contribution in [3.05, 3.63) is 33.8 Å². The summed E-state index contributed by atoms with van der Waals surface area (Å²) in [6.07, 6.45) is 2.20. The first kappa shape index (κ1) is 18.3. The van der Waals surface area contributed by atoms with E-state index in [0.717, 1.165) is 32.5 Å². The molecular formula is C15H18Cl3N3O2. The Hall–Kier alpha value is -1.01. The maximum Gasteiger partial charge on any atom is 0.321 e. The van der Waals surface area contributed by atoms with Crippen molar-refractivity contribution in [1.82, 2.24) is 15.5 Å². The van der Waals surface area contributed by atoms with E-state index in [1.54, 1.807) is 0 Å². The van der Waals surface area contributed by atoms with Gasteiger partial charge in [0.2, 0.25) is 0 Å². The lowest BCUT2D eigenvalue weighted by molar-refractivity contribution is 0.0757. The SMILES string of the molecule is Cl.O=C(NC(=O)c1cc(Cl)cc(Cl)c1)NC1CN2CCC1CC2. The summed E-state index contributed by atoms with van der Waals surface area (Å²) in [6, 6.07) is 4.13. The number of imide groups is 1. The Labute approximate surface area is 151 Å². The van der Waals surface area contributed by atoms with Crippen molar-refractivity contribution in [2.45, 2.75) is 18.9 Å². The highest BCUT2D eigenvalue weighted by atomic mass is 35.5. The summed E-state index contributed by atoms with van der Waals surface area (Å²) in [6.45, 7) is 3.06. The molecule has 5 nitrogen and oxygen atoms in total. The first-order valence-electron chi connectivity index (χ1n) is 7.31. The fourth-order valence-electron chi connectivity index (χ4n) is 3.19. The van der Waals surface area contributed by atoms with E-state index in [1.165, 1.54) is 18.2 Å². The van der Waals surface area contributed by atoms with E-state index in [9.17, 15) is 9.59 Å². The summed E-state index contributed by atoms with van der Waals surface area (Å²) in [5.41, 5.74) is 0.265. The van der Waals surface area contributed by atoms with E-state index in [1.807, 2.05) is 0 Å². The van der Waals surface area contributed by atoms with Crippen molar-refractivity contribution in [3.63, 3.8) is 0 Å². The Morgan fingerprint density at radius 3 is 2.22 bits per heavy atom. The average Bonchev–Trinajstić information content (AvgIpc) is 2.47. The fraction of sp³-hybridized carbons (Fsp3) is 0.467. The van der Waals surface area contributed by atoms with Gasteiger partial charge in [-0.05, 0) is 50.0 Å². The maximum absolute atomic E-state index is 12.1. The summed E-state index contributed by atoms with van der Waals surface area (Å²) >= 11 is 11.7. The molecule has 1 unspecified atom stereocenters. The van der Waals surface area contributed by atoms with Gasteiger partial charge in [-0.15, -0.1) is 12.4 Å². The number of piperidine rings is 3. The molecular weight excluding hydrogens is 361 g/mol. The molecule has 0 saturated carbocycles. The smallest absolute Gasteiger partial charge is 0.321 e. The van der Waals surface area contributed by atoms with Crippen molar-refractivity contribution in [1.29, 1.82) is 0 Å². The Morgan fingerprint density at radius 1 is 1.09 bits per heavy atom. The predicted molar refractivity (Wildman–Crippen MR) is 92.7 cm³/mol. The monoisotopic (exact) mass is 377 g/mol. The molecule has 4 rings (SSSR count). The number of amides is 3. The lowest BCUT2D eigenvalue weighted by Gasteiger charge is -2.44. The first-order chi connectivity index (χ1) is 10.5. The molecule has 23 heavy (non-hydrogen) atoms. The Balaban J connectivity index is 0.00000192. The highest BCUT2D eigenvalue weighted by Crippen LogP contribution is 2.27. The van der Waals surface area contributed by atoms with E-state index < -0.39 is 11.9 Å². The second-order valence-corrected chi connectivity index (χ2v) is 6.70. The van der Waals surface area contributed by atoms with E-state index in [-0.39, 0.29) is 24.0 Å². The second kappa shape index (κ2) is 7.71. The van der Waals surface area contributed by atoms with Crippen LogP contribution in [0.3, 0.4) is 0 Å². The van der Waals surface area contributed by atoms with Crippen LogP contribution in [0, 0.1) is 5.92 Å². The quantitative estimate of drug-likeness (QED) is 0.832. The van der Waals surface area contributed by atoms with Crippen LogP contribution < -0.4 is 10.6 Å². The van der Waals surface area contributed by atoms with Crippen LogP contribution in [0.4, 0.5) is 4.79 Å². The van der Waals surface area contributed by atoms with Crippen LogP contribution in [0.25, 0.3) is 0 Å². The molecule has 3 aliphatic rings. The van der Waals surface area contributed by atoms with Crippen LogP contribution in [0.5, 0.6) is 0 Å². The number of fused-ring (bicyclic) bond motifs is 3. The van der Waals surface area contributed by atoms with Crippen LogP contribution in [0.1, 0.15) is 23.2 Å². The number of hydrogen-bond donors (Lipinski definition) is 2. The van der Waals surface area contributed by atoms with Crippen molar-refractivity contribution in [2.24, 2.45) is 5.92 Å². The highest BCUT2D eigenvalue weighted by molar-refractivity contribution is 6.35. The van der Waals surface area contributed by atoms with E-state index in [2.05, 4.69) is 15.5 Å². The molecule has 1 aromatic carbocycles. The minimum Gasteiger partial charge on any atom is -0.333 e. The number of carbonyl (C=O) groups is 2. The lowest BCUT2D eigenvalue weighted by Crippen LogP contribution is -2.59. The number of nitrogens with one attached hydrogen (secondary N) is 2. The van der Waals surface area contributed by atoms with Gasteiger partial charge in [-0.2, -0.15) is 0 Å². The Bertz CT molecular complexity index is 583. The minimum atomic E-state index is -0.511. The van der Waals surface area contributed by atoms with E-state index >= 15 is 0 Å². The molecule has 3 amide bonds. The van der Waals surface area contributed by atoms with Crippen LogP contribution in [-0.2, 0) is 0 Å². The Kier molecular flexibility index (Phi) is 6.14. The molecule has 0 radical (unpaired) electrons. The Morgan fingerprint density at radius 2 is 1.70 bits per heavy atom. The molecule has 126 valence electrons. The molecule has 1 atom stereocenters. The number of halogens is 3. The van der Waals surface area contributed by atoms with Gasteiger partial charge in [0.25, 0.3) is 5.91 Å². The lowest BCUT2D eigenvalue weighted by atomic mass is 9.84. The molecule has 0 aromatic heterocycles. The second-order valence-electron chi connectivity index (χ2n) is 5.83. The number of urea groups is 1. The summed E-state index contributed by atoms with van der Waals surface area (Å²) in [7, 11) is 0. The minimum absolute atomic E-state index is 0. The van der Waals surface area contributed by atoms with Gasteiger partial charge in [0.1, 0.15) is 0 Å². The van der Waals surface area contributed by atoms with Gasteiger partial charge in [-0.25, -0.2) is 4.79 Å². The summed E-state index contributed by atoms with van der Waals surface area (Å²) in [4.78, 5) is 26.4. The zero-order chi connectivity index (χ0) is 15.7. The van der Waals surface area contributed by atoms with Crippen molar-refractivity contribution >= 4 is 47.5 Å². The molecule has 0 aliphatic carbocycles. The molecule has 2 bridgehead atoms. The highest BCUT2D eigenvalue weighted by Gasteiger charge is 2.35. The number of benzene rings is 1. The van der Waals surface area contributed by atoms with Crippen molar-refractivity contribution < 1.29 is 9.59 Å². The summed E-state index contributed by atoms with van der Waals surface area (Å²) < 4.78 is 0. The topological polar surface area (TPSA) is 61.4 Å². The summed E-state index contributed by atoms with van der Waals surface area (Å²) in [5.74, 6) is -0.00496. The number of rotatable bonds is 2.